The molecule has 1 aliphatic rings. The lowest BCUT2D eigenvalue weighted by Gasteiger charge is -2.22. The van der Waals surface area contributed by atoms with Crippen LogP contribution in [0.2, 0.25) is 0 Å². The maximum atomic E-state index is 12.6. The third-order valence-corrected chi connectivity index (χ3v) is 4.57. The van der Waals surface area contributed by atoms with Crippen LogP contribution in [0.15, 0.2) is 39.5 Å². The molecule has 3 heterocycles. The summed E-state index contributed by atoms with van der Waals surface area (Å²) in [6, 6.07) is 7.74. The van der Waals surface area contributed by atoms with Gasteiger partial charge in [-0.2, -0.15) is 4.98 Å². The molecule has 0 saturated carbocycles. The molecule has 1 atom stereocenters. The van der Waals surface area contributed by atoms with Crippen molar-refractivity contribution in [2.45, 2.75) is 33.1 Å². The van der Waals surface area contributed by atoms with E-state index in [1.165, 1.54) is 5.56 Å². The summed E-state index contributed by atoms with van der Waals surface area (Å²) >= 11 is 0. The minimum atomic E-state index is -0.0833. The summed E-state index contributed by atoms with van der Waals surface area (Å²) < 4.78 is 10.6. The molecule has 1 aromatic carbocycles. The zero-order valence-corrected chi connectivity index (χ0v) is 14.4. The molecule has 0 spiro atoms. The summed E-state index contributed by atoms with van der Waals surface area (Å²) in [5, 5.41) is 4.05. The first kappa shape index (κ1) is 15.6. The number of carbonyl (C=O) groups is 1. The second-order valence-corrected chi connectivity index (χ2v) is 6.59. The van der Waals surface area contributed by atoms with Gasteiger partial charge in [0.2, 0.25) is 5.91 Å². The van der Waals surface area contributed by atoms with Crippen molar-refractivity contribution < 1.29 is 13.7 Å². The second-order valence-electron chi connectivity index (χ2n) is 6.59. The molecule has 4 rings (SSSR count). The van der Waals surface area contributed by atoms with E-state index in [0.717, 1.165) is 16.8 Å². The van der Waals surface area contributed by atoms with Gasteiger partial charge in [0.25, 0.3) is 5.89 Å². The molecule has 3 aromatic rings. The standard InChI is InChI=1S/C19H19N3O3/c1-11-7-12(2)17(13(3)8-11)22-10-14(9-16(22)23)18-20-19(25-21-18)15-5-4-6-24-15/h4-8,14H,9-10H2,1-3H3. The molecule has 25 heavy (non-hydrogen) atoms. The Morgan fingerprint density at radius 2 is 1.96 bits per heavy atom. The highest BCUT2D eigenvalue weighted by Crippen LogP contribution is 2.35. The molecule has 6 heteroatoms. The Labute approximate surface area is 145 Å². The van der Waals surface area contributed by atoms with Gasteiger partial charge in [-0.3, -0.25) is 4.79 Å². The maximum Gasteiger partial charge on any atom is 0.293 e. The number of hydrogen-bond donors (Lipinski definition) is 0. The first-order chi connectivity index (χ1) is 12.0. The zero-order valence-electron chi connectivity index (χ0n) is 14.4. The summed E-state index contributed by atoms with van der Waals surface area (Å²) in [6.07, 6.45) is 1.94. The van der Waals surface area contributed by atoms with E-state index in [4.69, 9.17) is 8.94 Å². The third kappa shape index (κ3) is 2.73. The number of rotatable bonds is 3. The predicted octanol–water partition coefficient (Wildman–Crippen LogP) is 3.78. The van der Waals surface area contributed by atoms with Crippen molar-refractivity contribution in [2.24, 2.45) is 0 Å². The number of hydrogen-bond acceptors (Lipinski definition) is 5. The molecule has 0 radical (unpaired) electrons. The molecule has 1 aliphatic heterocycles. The number of amides is 1. The van der Waals surface area contributed by atoms with Crippen molar-refractivity contribution >= 4 is 11.6 Å². The van der Waals surface area contributed by atoms with E-state index < -0.39 is 0 Å². The monoisotopic (exact) mass is 337 g/mol. The van der Waals surface area contributed by atoms with Gasteiger partial charge >= 0.3 is 0 Å². The van der Waals surface area contributed by atoms with Gasteiger partial charge in [-0.25, -0.2) is 0 Å². The lowest BCUT2D eigenvalue weighted by Crippen LogP contribution is -2.26. The molecule has 0 aliphatic carbocycles. The molecule has 128 valence electrons. The summed E-state index contributed by atoms with van der Waals surface area (Å²) in [5.74, 6) is 1.42. The molecule has 1 unspecified atom stereocenters. The van der Waals surface area contributed by atoms with Crippen LogP contribution in [0.4, 0.5) is 5.69 Å². The SMILES string of the molecule is Cc1cc(C)c(N2CC(c3noc(-c4ccco4)n3)CC2=O)c(C)c1. The van der Waals surface area contributed by atoms with Gasteiger partial charge < -0.3 is 13.8 Å². The van der Waals surface area contributed by atoms with Gasteiger partial charge in [-0.05, 0) is 44.0 Å². The zero-order chi connectivity index (χ0) is 17.6. The fourth-order valence-corrected chi connectivity index (χ4v) is 3.60. The number of aryl methyl sites for hydroxylation is 3. The van der Waals surface area contributed by atoms with Gasteiger partial charge in [0.1, 0.15) is 0 Å². The van der Waals surface area contributed by atoms with Crippen molar-refractivity contribution in [3.8, 4) is 11.7 Å². The third-order valence-electron chi connectivity index (χ3n) is 4.57. The Bertz CT molecular complexity index is 904. The normalized spacial score (nSPS) is 17.5. The lowest BCUT2D eigenvalue weighted by atomic mass is 10.0. The Kier molecular flexibility index (Phi) is 3.67. The number of nitrogens with zero attached hydrogens (tertiary/aromatic N) is 3. The van der Waals surface area contributed by atoms with E-state index in [1.54, 1.807) is 18.4 Å². The van der Waals surface area contributed by atoms with Crippen LogP contribution >= 0.6 is 0 Å². The predicted molar refractivity (Wildman–Crippen MR) is 92.4 cm³/mol. The molecule has 2 aromatic heterocycles. The number of benzene rings is 1. The van der Waals surface area contributed by atoms with Crippen LogP contribution in [-0.4, -0.2) is 22.6 Å². The van der Waals surface area contributed by atoms with E-state index in [2.05, 4.69) is 29.2 Å². The fourth-order valence-electron chi connectivity index (χ4n) is 3.60. The number of furan rings is 1. The largest absolute Gasteiger partial charge is 0.459 e. The highest BCUT2D eigenvalue weighted by molar-refractivity contribution is 5.97. The highest BCUT2D eigenvalue weighted by Gasteiger charge is 2.36. The van der Waals surface area contributed by atoms with E-state index in [-0.39, 0.29) is 11.8 Å². The average Bonchev–Trinajstić information content (AvgIpc) is 3.26. The smallest absolute Gasteiger partial charge is 0.293 e. The van der Waals surface area contributed by atoms with E-state index in [0.29, 0.717) is 30.4 Å². The minimum absolute atomic E-state index is 0.0833. The molecule has 1 saturated heterocycles. The van der Waals surface area contributed by atoms with Crippen LogP contribution in [0.1, 0.15) is 34.9 Å². The minimum Gasteiger partial charge on any atom is -0.459 e. The summed E-state index contributed by atoms with van der Waals surface area (Å²) in [6.45, 7) is 6.70. The Morgan fingerprint density at radius 3 is 2.64 bits per heavy atom. The summed E-state index contributed by atoms with van der Waals surface area (Å²) in [5.41, 5.74) is 4.41. The first-order valence-corrected chi connectivity index (χ1v) is 8.28. The molecule has 6 nitrogen and oxygen atoms in total. The lowest BCUT2D eigenvalue weighted by molar-refractivity contribution is -0.117. The van der Waals surface area contributed by atoms with Crippen LogP contribution < -0.4 is 4.90 Å². The van der Waals surface area contributed by atoms with E-state index >= 15 is 0 Å². The van der Waals surface area contributed by atoms with Gasteiger partial charge in [0.05, 0.1) is 6.26 Å². The summed E-state index contributed by atoms with van der Waals surface area (Å²) in [7, 11) is 0. The average molecular weight is 337 g/mol. The molecule has 0 bridgehead atoms. The fraction of sp³-hybridized carbons (Fsp3) is 0.316. The number of aromatic nitrogens is 2. The maximum absolute atomic E-state index is 12.6. The Balaban J connectivity index is 1.61. The first-order valence-electron chi connectivity index (χ1n) is 8.28. The van der Waals surface area contributed by atoms with Crippen LogP contribution in [0.25, 0.3) is 11.7 Å². The highest BCUT2D eigenvalue weighted by atomic mass is 16.5. The van der Waals surface area contributed by atoms with E-state index in [9.17, 15) is 4.79 Å². The molecule has 1 amide bonds. The number of anilines is 1. The van der Waals surface area contributed by atoms with Crippen LogP contribution in [0.3, 0.4) is 0 Å². The van der Waals surface area contributed by atoms with Crippen molar-refractivity contribution in [1.29, 1.82) is 0 Å². The summed E-state index contributed by atoms with van der Waals surface area (Å²) in [4.78, 5) is 18.9. The van der Waals surface area contributed by atoms with E-state index in [1.807, 2.05) is 18.7 Å². The van der Waals surface area contributed by atoms with Crippen molar-refractivity contribution in [3.63, 3.8) is 0 Å². The van der Waals surface area contributed by atoms with Crippen LogP contribution in [0, 0.1) is 20.8 Å². The van der Waals surface area contributed by atoms with Gasteiger partial charge in [-0.15, -0.1) is 0 Å². The number of carbonyl (C=O) groups excluding carboxylic acids is 1. The quantitative estimate of drug-likeness (QED) is 0.727. The van der Waals surface area contributed by atoms with Gasteiger partial charge in [-0.1, -0.05) is 22.9 Å². The van der Waals surface area contributed by atoms with Gasteiger partial charge in [0, 0.05) is 24.6 Å². The van der Waals surface area contributed by atoms with Crippen LogP contribution in [-0.2, 0) is 4.79 Å². The Morgan fingerprint density at radius 1 is 1.20 bits per heavy atom. The van der Waals surface area contributed by atoms with Crippen LogP contribution in [0.5, 0.6) is 0 Å². The molecule has 1 fully saturated rings. The Hall–Kier alpha value is -2.89. The second kappa shape index (κ2) is 5.88. The molecule has 0 N–H and O–H groups in total. The van der Waals surface area contributed by atoms with Crippen molar-refractivity contribution in [3.05, 3.63) is 53.0 Å². The van der Waals surface area contributed by atoms with Gasteiger partial charge in [0.15, 0.2) is 11.6 Å². The topological polar surface area (TPSA) is 72.4 Å². The molecular weight excluding hydrogens is 318 g/mol. The van der Waals surface area contributed by atoms with Crippen molar-refractivity contribution in [2.75, 3.05) is 11.4 Å². The molecular formula is C19H19N3O3. The van der Waals surface area contributed by atoms with Crippen molar-refractivity contribution in [1.82, 2.24) is 10.1 Å².